The molecule has 0 saturated carbocycles. The van der Waals surface area contributed by atoms with Crippen LogP contribution in [0.25, 0.3) is 0 Å². The topological polar surface area (TPSA) is 91.7 Å². The largest absolute Gasteiger partial charge is 0.398 e. The van der Waals surface area contributed by atoms with Crippen LogP contribution in [0.4, 0.5) is 5.69 Å². The van der Waals surface area contributed by atoms with Crippen LogP contribution in [0.2, 0.25) is 0 Å². The van der Waals surface area contributed by atoms with Gasteiger partial charge in [-0.25, -0.2) is 4.79 Å². The lowest BCUT2D eigenvalue weighted by Gasteiger charge is -2.03. The summed E-state index contributed by atoms with van der Waals surface area (Å²) in [6, 6.07) is 8.55. The van der Waals surface area contributed by atoms with Crippen molar-refractivity contribution in [3.8, 4) is 0 Å². The summed E-state index contributed by atoms with van der Waals surface area (Å²) in [6.07, 6.45) is 0. The third-order valence-corrected chi connectivity index (χ3v) is 2.91. The molecule has 0 aliphatic heterocycles. The minimum Gasteiger partial charge on any atom is -0.398 e. The Bertz CT molecular complexity index is 589. The Balaban J connectivity index is 2.38. The zero-order valence-corrected chi connectivity index (χ0v) is 9.01. The first-order valence-corrected chi connectivity index (χ1v) is 5.33. The van der Waals surface area contributed by atoms with Crippen molar-refractivity contribution in [3.05, 3.63) is 51.2 Å². The van der Waals surface area contributed by atoms with E-state index in [0.29, 0.717) is 10.7 Å². The quantitative estimate of drug-likeness (QED) is 0.530. The highest BCUT2D eigenvalue weighted by atomic mass is 32.2. The van der Waals surface area contributed by atoms with Crippen molar-refractivity contribution in [2.45, 2.75) is 9.92 Å². The highest BCUT2D eigenvalue weighted by Crippen LogP contribution is 2.28. The van der Waals surface area contributed by atoms with Crippen LogP contribution in [0.3, 0.4) is 0 Å². The molecule has 1 heterocycles. The molecule has 0 aliphatic rings. The summed E-state index contributed by atoms with van der Waals surface area (Å²) in [5, 5.41) is 0.464. The Morgan fingerprint density at radius 1 is 1.12 bits per heavy atom. The van der Waals surface area contributed by atoms with Crippen LogP contribution >= 0.6 is 11.8 Å². The summed E-state index contributed by atoms with van der Waals surface area (Å²) in [7, 11) is 0. The first-order valence-electron chi connectivity index (χ1n) is 4.51. The van der Waals surface area contributed by atoms with Crippen molar-refractivity contribution in [1.82, 2.24) is 9.97 Å². The number of hydrogen-bond donors (Lipinski definition) is 3. The number of rotatable bonds is 2. The molecule has 6 heteroatoms. The monoisotopic (exact) mass is 235 g/mol. The number of nitrogens with one attached hydrogen (secondary N) is 2. The highest BCUT2D eigenvalue weighted by Gasteiger charge is 2.02. The van der Waals surface area contributed by atoms with E-state index >= 15 is 0 Å². The Morgan fingerprint density at radius 3 is 2.56 bits per heavy atom. The van der Waals surface area contributed by atoms with Gasteiger partial charge in [0.2, 0.25) is 0 Å². The van der Waals surface area contributed by atoms with E-state index in [0.717, 1.165) is 4.90 Å². The van der Waals surface area contributed by atoms with Crippen LogP contribution in [0.15, 0.2) is 49.8 Å². The predicted molar refractivity (Wildman–Crippen MR) is 62.7 cm³/mol. The van der Waals surface area contributed by atoms with Gasteiger partial charge in [0.15, 0.2) is 0 Å². The lowest BCUT2D eigenvalue weighted by Crippen LogP contribution is -2.21. The van der Waals surface area contributed by atoms with E-state index in [4.69, 9.17) is 5.73 Å². The van der Waals surface area contributed by atoms with Gasteiger partial charge in [-0.05, 0) is 12.1 Å². The number of nitrogen functional groups attached to an aromatic ring is 1. The molecule has 0 radical (unpaired) electrons. The molecule has 4 N–H and O–H groups in total. The van der Waals surface area contributed by atoms with Gasteiger partial charge >= 0.3 is 5.69 Å². The second-order valence-corrected chi connectivity index (χ2v) is 4.18. The fourth-order valence-corrected chi connectivity index (χ4v) is 2.07. The lowest BCUT2D eigenvalue weighted by molar-refractivity contribution is 0.950. The summed E-state index contributed by atoms with van der Waals surface area (Å²) < 4.78 is 0. The molecular weight excluding hydrogens is 226 g/mol. The molecule has 0 amide bonds. The van der Waals surface area contributed by atoms with E-state index in [-0.39, 0.29) is 0 Å². The van der Waals surface area contributed by atoms with Gasteiger partial charge < -0.3 is 10.7 Å². The number of para-hydroxylation sites is 1. The number of aromatic amines is 2. The minimum absolute atomic E-state index is 0.430. The maximum absolute atomic E-state index is 11.1. The van der Waals surface area contributed by atoms with Gasteiger partial charge in [0.05, 0.1) is 5.03 Å². The number of benzene rings is 1. The first kappa shape index (κ1) is 10.6. The van der Waals surface area contributed by atoms with Crippen LogP contribution < -0.4 is 17.0 Å². The Kier molecular flexibility index (Phi) is 2.82. The molecule has 16 heavy (non-hydrogen) atoms. The van der Waals surface area contributed by atoms with Crippen LogP contribution in [-0.2, 0) is 0 Å². The zero-order chi connectivity index (χ0) is 11.5. The number of hydrogen-bond acceptors (Lipinski definition) is 4. The normalized spacial score (nSPS) is 10.2. The first-order chi connectivity index (χ1) is 7.65. The molecular formula is C10H9N3O2S. The van der Waals surface area contributed by atoms with Crippen molar-refractivity contribution in [2.75, 3.05) is 5.73 Å². The third kappa shape index (κ3) is 2.34. The van der Waals surface area contributed by atoms with E-state index in [1.165, 1.54) is 17.8 Å². The van der Waals surface area contributed by atoms with Crippen molar-refractivity contribution in [2.24, 2.45) is 0 Å². The molecule has 5 nitrogen and oxygen atoms in total. The third-order valence-electron chi connectivity index (χ3n) is 1.87. The number of H-pyrrole nitrogens is 2. The number of nitrogens with two attached hydrogens (primary N) is 1. The van der Waals surface area contributed by atoms with E-state index in [9.17, 15) is 9.59 Å². The van der Waals surface area contributed by atoms with Gasteiger partial charge in [0.1, 0.15) is 0 Å². The molecule has 0 spiro atoms. The van der Waals surface area contributed by atoms with Gasteiger partial charge in [0.25, 0.3) is 5.56 Å². The molecule has 0 aliphatic carbocycles. The van der Waals surface area contributed by atoms with E-state index in [2.05, 4.69) is 9.97 Å². The zero-order valence-electron chi connectivity index (χ0n) is 8.19. The molecule has 0 atom stereocenters. The molecule has 1 aromatic heterocycles. The second kappa shape index (κ2) is 4.28. The van der Waals surface area contributed by atoms with Crippen molar-refractivity contribution in [3.63, 3.8) is 0 Å². The molecule has 0 bridgehead atoms. The molecule has 0 fully saturated rings. The molecule has 82 valence electrons. The van der Waals surface area contributed by atoms with Gasteiger partial charge in [-0.15, -0.1) is 0 Å². The van der Waals surface area contributed by atoms with Gasteiger partial charge in [-0.2, -0.15) is 0 Å². The fourth-order valence-electron chi connectivity index (χ4n) is 1.19. The summed E-state index contributed by atoms with van der Waals surface area (Å²) in [5.74, 6) is 0. The highest BCUT2D eigenvalue weighted by molar-refractivity contribution is 7.99. The van der Waals surface area contributed by atoms with E-state index < -0.39 is 11.2 Å². The second-order valence-electron chi connectivity index (χ2n) is 3.09. The molecule has 1 aromatic carbocycles. The lowest BCUT2D eigenvalue weighted by atomic mass is 10.3. The van der Waals surface area contributed by atoms with Crippen LogP contribution in [0.1, 0.15) is 0 Å². The predicted octanol–water partition coefficient (Wildman–Crippen LogP) is 0.797. The van der Waals surface area contributed by atoms with Gasteiger partial charge in [-0.3, -0.25) is 9.78 Å². The van der Waals surface area contributed by atoms with Gasteiger partial charge in [0, 0.05) is 16.6 Å². The smallest absolute Gasteiger partial charge is 0.326 e. The summed E-state index contributed by atoms with van der Waals surface area (Å²) >= 11 is 1.24. The van der Waals surface area contributed by atoms with Crippen LogP contribution in [0.5, 0.6) is 0 Å². The van der Waals surface area contributed by atoms with Gasteiger partial charge in [-0.1, -0.05) is 23.9 Å². The molecule has 0 saturated heterocycles. The Hall–Kier alpha value is -1.95. The molecule has 2 rings (SSSR count). The van der Waals surface area contributed by atoms with Crippen molar-refractivity contribution < 1.29 is 0 Å². The summed E-state index contributed by atoms with van der Waals surface area (Å²) in [5.41, 5.74) is 5.40. The van der Waals surface area contributed by atoms with Crippen molar-refractivity contribution in [1.29, 1.82) is 0 Å². The molecule has 2 aromatic rings. The SMILES string of the molecule is Nc1ccccc1Sc1cc(=O)[nH]c(=O)[nH]1. The summed E-state index contributed by atoms with van der Waals surface area (Å²) in [4.78, 5) is 27.5. The van der Waals surface area contributed by atoms with Crippen molar-refractivity contribution >= 4 is 17.4 Å². The standard InChI is InChI=1S/C10H9N3O2S/c11-6-3-1-2-4-7(6)16-9-5-8(14)12-10(15)13-9/h1-5H,11H2,(H2,12,13,14,15). The number of aromatic nitrogens is 2. The Labute approximate surface area is 94.7 Å². The average molecular weight is 235 g/mol. The van der Waals surface area contributed by atoms with Crippen LogP contribution in [-0.4, -0.2) is 9.97 Å². The number of anilines is 1. The minimum atomic E-state index is -0.524. The maximum atomic E-state index is 11.1. The average Bonchev–Trinajstić information content (AvgIpc) is 2.20. The van der Waals surface area contributed by atoms with Crippen LogP contribution in [0, 0.1) is 0 Å². The van der Waals surface area contributed by atoms with E-state index in [1.54, 1.807) is 6.07 Å². The summed E-state index contributed by atoms with van der Waals surface area (Å²) in [6.45, 7) is 0. The maximum Gasteiger partial charge on any atom is 0.326 e. The molecule has 0 unspecified atom stereocenters. The Morgan fingerprint density at radius 2 is 1.88 bits per heavy atom. The van der Waals surface area contributed by atoms with E-state index in [1.807, 2.05) is 18.2 Å². The fraction of sp³-hybridized carbons (Fsp3) is 0.